The molecule has 104 valence electrons. The van der Waals surface area contributed by atoms with Gasteiger partial charge in [0.1, 0.15) is 0 Å². The third kappa shape index (κ3) is 3.76. The molecule has 0 spiro atoms. The lowest BCUT2D eigenvalue weighted by atomic mass is 10.4. The van der Waals surface area contributed by atoms with Gasteiger partial charge in [0.25, 0.3) is 0 Å². The summed E-state index contributed by atoms with van der Waals surface area (Å²) >= 11 is 3.25. The van der Waals surface area contributed by atoms with E-state index < -0.39 is 0 Å². The Bertz CT molecular complexity index is 503. The average Bonchev–Trinajstić information content (AvgIpc) is 2.95. The van der Waals surface area contributed by atoms with E-state index in [-0.39, 0.29) is 0 Å². The molecule has 6 heteroatoms. The first kappa shape index (κ1) is 14.5. The number of likely N-dealkylation sites (N-methyl/N-ethyl adjacent to an activating group) is 1. The van der Waals surface area contributed by atoms with E-state index in [1.165, 1.54) is 25.7 Å². The average molecular weight is 299 g/mol. The van der Waals surface area contributed by atoms with E-state index in [2.05, 4.69) is 18.0 Å². The smallest absolute Gasteiger partial charge is 0.160 e. The van der Waals surface area contributed by atoms with Crippen molar-refractivity contribution in [3.8, 4) is 0 Å². The highest BCUT2D eigenvalue weighted by molar-refractivity contribution is 7.30. The van der Waals surface area contributed by atoms with Gasteiger partial charge in [-0.1, -0.05) is 0 Å². The number of hydrogen-bond donors (Lipinski definition) is 0. The fourth-order valence-corrected chi connectivity index (χ4v) is 3.85. The van der Waals surface area contributed by atoms with Crippen LogP contribution in [-0.4, -0.2) is 46.8 Å². The van der Waals surface area contributed by atoms with Crippen LogP contribution in [0, 0.1) is 0 Å². The molecule has 2 aromatic rings. The Balaban J connectivity index is 1.88. The minimum absolute atomic E-state index is 0.632. The minimum atomic E-state index is 0.632. The van der Waals surface area contributed by atoms with Gasteiger partial charge in [-0.05, 0) is 12.1 Å². The number of anilines is 1. The van der Waals surface area contributed by atoms with E-state index in [1.807, 2.05) is 6.07 Å². The molecule has 4 nitrogen and oxygen atoms in total. The van der Waals surface area contributed by atoms with Crippen LogP contribution in [0.15, 0.2) is 12.1 Å². The number of carbonyl (C=O) groups excluding carboxylic acids is 1. The van der Waals surface area contributed by atoms with Gasteiger partial charge in [-0.3, -0.25) is 4.79 Å². The summed E-state index contributed by atoms with van der Waals surface area (Å²) in [4.78, 5) is 13.7. The number of aldehydes is 1. The quantitative estimate of drug-likeness (QED) is 0.555. The first-order chi connectivity index (χ1) is 9.24. The lowest BCUT2D eigenvalue weighted by Crippen LogP contribution is -2.22. The van der Waals surface area contributed by atoms with Gasteiger partial charge in [-0.15, -0.1) is 22.7 Å². The molecule has 0 radical (unpaired) electrons. The molecule has 2 heterocycles. The Kier molecular flexibility index (Phi) is 5.33. The fraction of sp³-hybridized carbons (Fsp3) is 0.462. The maximum atomic E-state index is 10.7. The summed E-state index contributed by atoms with van der Waals surface area (Å²) < 4.78 is 12.7. The van der Waals surface area contributed by atoms with Gasteiger partial charge in [-0.2, -0.15) is 0 Å². The number of rotatable bonds is 8. The van der Waals surface area contributed by atoms with Crippen LogP contribution in [-0.2, 0) is 9.47 Å². The highest BCUT2D eigenvalue weighted by Crippen LogP contribution is 2.36. The molecule has 0 amide bonds. The molecule has 0 atom stereocenters. The van der Waals surface area contributed by atoms with Gasteiger partial charge in [0, 0.05) is 30.1 Å². The van der Waals surface area contributed by atoms with Crippen LogP contribution in [0.2, 0.25) is 0 Å². The van der Waals surface area contributed by atoms with Crippen LogP contribution in [0.5, 0.6) is 0 Å². The molecule has 0 unspecified atom stereocenters. The molecule has 0 N–H and O–H groups in total. The van der Waals surface area contributed by atoms with Crippen molar-refractivity contribution in [3.05, 3.63) is 17.0 Å². The van der Waals surface area contributed by atoms with Gasteiger partial charge in [0.05, 0.1) is 29.7 Å². The molecule has 0 aliphatic rings. The van der Waals surface area contributed by atoms with Crippen molar-refractivity contribution in [2.24, 2.45) is 0 Å². The van der Waals surface area contributed by atoms with Crippen molar-refractivity contribution >= 4 is 43.4 Å². The van der Waals surface area contributed by atoms with Gasteiger partial charge in [-0.25, -0.2) is 0 Å². The SMILES string of the molecule is COCCOCCN(C)c1cc2sc(C=O)cc2s1. The molecule has 0 aromatic carbocycles. The van der Waals surface area contributed by atoms with Crippen molar-refractivity contribution in [1.82, 2.24) is 0 Å². The molecule has 0 saturated carbocycles. The molecule has 0 bridgehead atoms. The van der Waals surface area contributed by atoms with Crippen molar-refractivity contribution in [1.29, 1.82) is 0 Å². The highest BCUT2D eigenvalue weighted by atomic mass is 32.1. The number of nitrogens with zero attached hydrogens (tertiary/aromatic N) is 1. The predicted molar refractivity (Wildman–Crippen MR) is 81.1 cm³/mol. The second-order valence-electron chi connectivity index (χ2n) is 4.11. The van der Waals surface area contributed by atoms with E-state index in [9.17, 15) is 4.79 Å². The zero-order valence-corrected chi connectivity index (χ0v) is 12.7. The molecule has 0 aliphatic carbocycles. The second-order valence-corrected chi connectivity index (χ2v) is 6.28. The minimum Gasteiger partial charge on any atom is -0.382 e. The summed E-state index contributed by atoms with van der Waals surface area (Å²) in [5.74, 6) is 0. The van der Waals surface area contributed by atoms with Gasteiger partial charge in [0.2, 0.25) is 0 Å². The van der Waals surface area contributed by atoms with Gasteiger partial charge in [0.15, 0.2) is 6.29 Å². The van der Waals surface area contributed by atoms with Crippen molar-refractivity contribution in [3.63, 3.8) is 0 Å². The Morgan fingerprint density at radius 3 is 2.68 bits per heavy atom. The summed E-state index contributed by atoms with van der Waals surface area (Å²) in [5.41, 5.74) is 0. The van der Waals surface area contributed by atoms with E-state index >= 15 is 0 Å². The van der Waals surface area contributed by atoms with E-state index in [4.69, 9.17) is 9.47 Å². The molecule has 0 saturated heterocycles. The second kappa shape index (κ2) is 7.00. The summed E-state index contributed by atoms with van der Waals surface area (Å²) in [5, 5.41) is 1.20. The van der Waals surface area contributed by atoms with Crippen LogP contribution in [0.25, 0.3) is 9.40 Å². The third-order valence-electron chi connectivity index (χ3n) is 2.71. The lowest BCUT2D eigenvalue weighted by Gasteiger charge is -2.16. The van der Waals surface area contributed by atoms with E-state index in [0.29, 0.717) is 19.8 Å². The maximum Gasteiger partial charge on any atom is 0.160 e. The van der Waals surface area contributed by atoms with Crippen LogP contribution in [0.3, 0.4) is 0 Å². The largest absolute Gasteiger partial charge is 0.382 e. The predicted octanol–water partition coefficient (Wildman–Crippen LogP) is 2.87. The van der Waals surface area contributed by atoms with Crippen molar-refractivity contribution in [2.75, 3.05) is 45.4 Å². The number of methoxy groups -OCH3 is 1. The number of fused-ring (bicyclic) bond motifs is 1. The fourth-order valence-electron chi connectivity index (χ4n) is 1.64. The summed E-state index contributed by atoms with van der Waals surface area (Å²) in [6.45, 7) is 2.79. The molecular formula is C13H17NO3S2. The number of thiophene rings is 2. The molecule has 2 rings (SSSR count). The summed E-state index contributed by atoms with van der Waals surface area (Å²) in [6, 6.07) is 4.08. The summed E-state index contributed by atoms with van der Waals surface area (Å²) in [7, 11) is 3.72. The first-order valence-electron chi connectivity index (χ1n) is 6.01. The molecule has 19 heavy (non-hydrogen) atoms. The number of ether oxygens (including phenoxy) is 2. The van der Waals surface area contributed by atoms with E-state index in [0.717, 1.165) is 17.7 Å². The highest BCUT2D eigenvalue weighted by Gasteiger charge is 2.09. The van der Waals surface area contributed by atoms with E-state index in [1.54, 1.807) is 18.4 Å². The Morgan fingerprint density at radius 1 is 1.21 bits per heavy atom. The Morgan fingerprint density at radius 2 is 2.00 bits per heavy atom. The van der Waals surface area contributed by atoms with Gasteiger partial charge >= 0.3 is 0 Å². The zero-order valence-electron chi connectivity index (χ0n) is 11.0. The summed E-state index contributed by atoms with van der Waals surface area (Å²) in [6.07, 6.45) is 0.907. The lowest BCUT2D eigenvalue weighted by molar-refractivity contribution is 0.0744. The molecule has 0 fully saturated rings. The standard InChI is InChI=1S/C13H17NO3S2/c1-14(3-4-17-6-5-16-2)13-8-12-11(19-13)7-10(9-15)18-12/h7-9H,3-6H2,1-2H3. The Hall–Kier alpha value is -0.950. The van der Waals surface area contributed by atoms with Crippen molar-refractivity contribution < 1.29 is 14.3 Å². The third-order valence-corrected chi connectivity index (χ3v) is 5.04. The van der Waals surface area contributed by atoms with Crippen LogP contribution in [0.4, 0.5) is 5.00 Å². The molecular weight excluding hydrogens is 282 g/mol. The number of hydrogen-bond acceptors (Lipinski definition) is 6. The Labute approximate surface area is 120 Å². The monoisotopic (exact) mass is 299 g/mol. The zero-order chi connectivity index (χ0) is 13.7. The van der Waals surface area contributed by atoms with Crippen LogP contribution in [0.1, 0.15) is 9.67 Å². The maximum absolute atomic E-state index is 10.7. The van der Waals surface area contributed by atoms with Gasteiger partial charge < -0.3 is 14.4 Å². The van der Waals surface area contributed by atoms with Crippen molar-refractivity contribution in [2.45, 2.75) is 0 Å². The normalized spacial score (nSPS) is 11.1. The van der Waals surface area contributed by atoms with Crippen LogP contribution < -0.4 is 4.90 Å². The van der Waals surface area contributed by atoms with Crippen LogP contribution >= 0.6 is 22.7 Å². The first-order valence-corrected chi connectivity index (χ1v) is 7.64. The topological polar surface area (TPSA) is 38.8 Å². The number of carbonyl (C=O) groups is 1. The molecule has 2 aromatic heterocycles. The molecule has 0 aliphatic heterocycles.